The van der Waals surface area contributed by atoms with Gasteiger partial charge in [-0.1, -0.05) is 0 Å². The van der Waals surface area contributed by atoms with Crippen LogP contribution in [0.1, 0.15) is 36.8 Å². The molecule has 6 nitrogen and oxygen atoms in total. The Balaban J connectivity index is 1.79. The lowest BCUT2D eigenvalue weighted by molar-refractivity contribution is -0.228. The molecule has 6 heteroatoms. The van der Waals surface area contributed by atoms with Gasteiger partial charge in [-0.3, -0.25) is 4.79 Å². The summed E-state index contributed by atoms with van der Waals surface area (Å²) in [6.07, 6.45) is 0.893. The molecule has 4 atom stereocenters. The molecule has 122 valence electrons. The summed E-state index contributed by atoms with van der Waals surface area (Å²) in [6.45, 7) is 7.90. The molecule has 0 radical (unpaired) electrons. The molecule has 2 fully saturated rings. The fraction of sp³-hybridized carbons (Fsp3) is 0.688. The molecule has 0 amide bonds. The Morgan fingerprint density at radius 2 is 2.05 bits per heavy atom. The van der Waals surface area contributed by atoms with E-state index in [-0.39, 0.29) is 24.1 Å². The van der Waals surface area contributed by atoms with Crippen molar-refractivity contribution >= 4 is 5.78 Å². The maximum absolute atomic E-state index is 11.6. The Labute approximate surface area is 130 Å². The van der Waals surface area contributed by atoms with Gasteiger partial charge in [0.15, 0.2) is 17.9 Å². The molecule has 0 N–H and O–H groups in total. The van der Waals surface area contributed by atoms with E-state index < -0.39 is 12.1 Å². The molecule has 0 spiro atoms. The molecule has 22 heavy (non-hydrogen) atoms. The number of hydrogen-bond acceptors (Lipinski definition) is 5. The molecule has 2 aliphatic heterocycles. The first-order valence-corrected chi connectivity index (χ1v) is 7.53. The van der Waals surface area contributed by atoms with Crippen molar-refractivity contribution < 1.29 is 23.7 Å². The second kappa shape index (κ2) is 5.45. The zero-order chi connectivity index (χ0) is 16.1. The van der Waals surface area contributed by atoms with Crippen LogP contribution in [0.2, 0.25) is 0 Å². The number of nitrogens with zero attached hydrogens (tertiary/aromatic N) is 1. The molecule has 0 aromatic carbocycles. The van der Waals surface area contributed by atoms with E-state index in [1.807, 2.05) is 37.6 Å². The van der Waals surface area contributed by atoms with Gasteiger partial charge in [0.2, 0.25) is 0 Å². The van der Waals surface area contributed by atoms with Gasteiger partial charge in [0.1, 0.15) is 18.3 Å². The van der Waals surface area contributed by atoms with Crippen molar-refractivity contribution in [3.8, 4) is 0 Å². The molecule has 2 aliphatic rings. The summed E-state index contributed by atoms with van der Waals surface area (Å²) in [7, 11) is 1.60. The van der Waals surface area contributed by atoms with Crippen LogP contribution in [-0.4, -0.2) is 47.8 Å². The number of Topliss-reactive ketones (excluding diaryl/α,β-unsaturated/α-hetero) is 1. The third-order valence-electron chi connectivity index (χ3n) is 4.34. The maximum atomic E-state index is 11.6. The van der Waals surface area contributed by atoms with E-state index in [4.69, 9.17) is 18.9 Å². The summed E-state index contributed by atoms with van der Waals surface area (Å²) in [5.74, 6) is -0.567. The Morgan fingerprint density at radius 1 is 1.36 bits per heavy atom. The summed E-state index contributed by atoms with van der Waals surface area (Å²) < 4.78 is 25.2. The maximum Gasteiger partial charge on any atom is 0.186 e. The van der Waals surface area contributed by atoms with Crippen molar-refractivity contribution in [1.82, 2.24) is 4.57 Å². The summed E-state index contributed by atoms with van der Waals surface area (Å²) >= 11 is 0. The SMILES string of the molecule is CO[C@@H]1O[C@H](Cn2ccc(C(C)=O)c2C)[C@H]2OC(C)(C)O[C@@H]12. The van der Waals surface area contributed by atoms with Crippen molar-refractivity contribution in [3.63, 3.8) is 0 Å². The van der Waals surface area contributed by atoms with E-state index >= 15 is 0 Å². The standard InChI is InChI=1S/C16H23NO5/c1-9-11(10(2)18)6-7-17(9)8-12-13-14(15(19-5)20-12)22-16(3,4)21-13/h6-7,12-15H,8H2,1-5H3/t12-,13-,14-,15-/m1/s1. The number of carbonyl (C=O) groups is 1. The first kappa shape index (κ1) is 15.7. The highest BCUT2D eigenvalue weighted by molar-refractivity contribution is 5.95. The fourth-order valence-corrected chi connectivity index (χ4v) is 3.29. The van der Waals surface area contributed by atoms with Crippen LogP contribution >= 0.6 is 0 Å². The normalized spacial score (nSPS) is 33.1. The fourth-order valence-electron chi connectivity index (χ4n) is 3.29. The average Bonchev–Trinajstić information content (AvgIpc) is 3.03. The number of hydrogen-bond donors (Lipinski definition) is 0. The van der Waals surface area contributed by atoms with Gasteiger partial charge in [-0.2, -0.15) is 0 Å². The summed E-state index contributed by atoms with van der Waals surface area (Å²) in [6, 6.07) is 1.84. The lowest BCUT2D eigenvalue weighted by Crippen LogP contribution is -2.33. The van der Waals surface area contributed by atoms with E-state index in [0.717, 1.165) is 11.3 Å². The van der Waals surface area contributed by atoms with E-state index in [1.54, 1.807) is 14.0 Å². The predicted octanol–water partition coefficient (Wildman–Crippen LogP) is 1.89. The average molecular weight is 309 g/mol. The highest BCUT2D eigenvalue weighted by Crippen LogP contribution is 2.39. The molecule has 0 unspecified atom stereocenters. The van der Waals surface area contributed by atoms with Crippen molar-refractivity contribution in [1.29, 1.82) is 0 Å². The van der Waals surface area contributed by atoms with Crippen LogP contribution in [0.5, 0.6) is 0 Å². The van der Waals surface area contributed by atoms with Crippen molar-refractivity contribution in [3.05, 3.63) is 23.5 Å². The number of carbonyl (C=O) groups excluding carboxylic acids is 1. The first-order chi connectivity index (χ1) is 10.3. The second-order valence-electron chi connectivity index (χ2n) is 6.37. The van der Waals surface area contributed by atoms with Crippen LogP contribution in [0.15, 0.2) is 12.3 Å². The molecule has 0 aliphatic carbocycles. The van der Waals surface area contributed by atoms with Gasteiger partial charge in [-0.25, -0.2) is 0 Å². The van der Waals surface area contributed by atoms with Crippen molar-refractivity contribution in [2.24, 2.45) is 0 Å². The van der Waals surface area contributed by atoms with Crippen molar-refractivity contribution in [2.45, 2.75) is 64.6 Å². The lowest BCUT2D eigenvalue weighted by atomic mass is 10.1. The molecular formula is C16H23NO5. The number of fused-ring (bicyclic) bond motifs is 1. The van der Waals surface area contributed by atoms with Gasteiger partial charge in [0.25, 0.3) is 0 Å². The lowest BCUT2D eigenvalue weighted by Gasteiger charge is -2.24. The van der Waals surface area contributed by atoms with E-state index in [0.29, 0.717) is 6.54 Å². The summed E-state index contributed by atoms with van der Waals surface area (Å²) in [5.41, 5.74) is 1.67. The van der Waals surface area contributed by atoms with Crippen LogP contribution < -0.4 is 0 Å². The Morgan fingerprint density at radius 3 is 2.64 bits per heavy atom. The molecule has 0 bridgehead atoms. The van der Waals surface area contributed by atoms with E-state index in [2.05, 4.69) is 0 Å². The first-order valence-electron chi connectivity index (χ1n) is 7.53. The number of rotatable bonds is 4. The highest BCUT2D eigenvalue weighted by atomic mass is 16.8. The van der Waals surface area contributed by atoms with E-state index in [9.17, 15) is 4.79 Å². The molecule has 3 rings (SSSR count). The van der Waals surface area contributed by atoms with Gasteiger partial charge >= 0.3 is 0 Å². The quantitative estimate of drug-likeness (QED) is 0.795. The van der Waals surface area contributed by atoms with Crippen LogP contribution in [0.4, 0.5) is 0 Å². The second-order valence-corrected chi connectivity index (χ2v) is 6.37. The minimum Gasteiger partial charge on any atom is -0.353 e. The molecule has 0 saturated carbocycles. The molecule has 2 saturated heterocycles. The van der Waals surface area contributed by atoms with Gasteiger partial charge in [0, 0.05) is 24.6 Å². The zero-order valence-electron chi connectivity index (χ0n) is 13.7. The van der Waals surface area contributed by atoms with Crippen LogP contribution in [-0.2, 0) is 25.5 Å². The van der Waals surface area contributed by atoms with Crippen LogP contribution in [0.3, 0.4) is 0 Å². The van der Waals surface area contributed by atoms with Crippen molar-refractivity contribution in [2.75, 3.05) is 7.11 Å². The Bertz CT molecular complexity index is 579. The number of ether oxygens (including phenoxy) is 4. The van der Waals surface area contributed by atoms with Crippen LogP contribution in [0.25, 0.3) is 0 Å². The Hall–Kier alpha value is -1.21. The third-order valence-corrected chi connectivity index (χ3v) is 4.34. The number of aromatic nitrogens is 1. The summed E-state index contributed by atoms with van der Waals surface area (Å²) in [5, 5.41) is 0. The highest BCUT2D eigenvalue weighted by Gasteiger charge is 2.55. The molecule has 1 aromatic heterocycles. The molecule has 3 heterocycles. The zero-order valence-corrected chi connectivity index (χ0v) is 13.7. The van der Waals surface area contributed by atoms with Gasteiger partial charge in [-0.15, -0.1) is 0 Å². The minimum atomic E-state index is -0.635. The van der Waals surface area contributed by atoms with Gasteiger partial charge in [-0.05, 0) is 33.8 Å². The van der Waals surface area contributed by atoms with E-state index in [1.165, 1.54) is 0 Å². The minimum absolute atomic E-state index is 0.0674. The third kappa shape index (κ3) is 2.60. The molecular weight excluding hydrogens is 286 g/mol. The molecule has 1 aromatic rings. The Kier molecular flexibility index (Phi) is 3.89. The summed E-state index contributed by atoms with van der Waals surface area (Å²) in [4.78, 5) is 11.6. The predicted molar refractivity (Wildman–Crippen MR) is 78.7 cm³/mol. The number of methoxy groups -OCH3 is 1. The van der Waals surface area contributed by atoms with Gasteiger partial charge in [0.05, 0.1) is 6.54 Å². The topological polar surface area (TPSA) is 58.9 Å². The van der Waals surface area contributed by atoms with Crippen LogP contribution in [0, 0.1) is 6.92 Å². The van der Waals surface area contributed by atoms with Gasteiger partial charge < -0.3 is 23.5 Å². The smallest absolute Gasteiger partial charge is 0.186 e. The number of ketones is 1. The monoisotopic (exact) mass is 309 g/mol. The largest absolute Gasteiger partial charge is 0.353 e.